The summed E-state index contributed by atoms with van der Waals surface area (Å²) in [6, 6.07) is 4.51. The third-order valence-corrected chi connectivity index (χ3v) is 6.79. The van der Waals surface area contributed by atoms with Gasteiger partial charge < -0.3 is 19.3 Å². The molecule has 2 atom stereocenters. The summed E-state index contributed by atoms with van der Waals surface area (Å²) in [5, 5.41) is 11.3. The van der Waals surface area contributed by atoms with E-state index in [0.717, 1.165) is 12.1 Å². The van der Waals surface area contributed by atoms with E-state index in [1.165, 1.54) is 12.1 Å². The fraction of sp³-hybridized carbons (Fsp3) is 0.650. The lowest BCUT2D eigenvalue weighted by Gasteiger charge is -2.61. The van der Waals surface area contributed by atoms with E-state index >= 15 is 0 Å². The summed E-state index contributed by atoms with van der Waals surface area (Å²) in [6.45, 7) is 8.67. The summed E-state index contributed by atoms with van der Waals surface area (Å²) < 4.78 is 11.1. The van der Waals surface area contributed by atoms with E-state index in [9.17, 15) is 14.9 Å². The van der Waals surface area contributed by atoms with Gasteiger partial charge >= 0.3 is 0 Å². The molecule has 1 amide bonds. The molecule has 1 saturated carbocycles. The van der Waals surface area contributed by atoms with E-state index in [2.05, 4.69) is 18.7 Å². The number of nitro benzene ring substituents is 1. The number of benzene rings is 1. The maximum Gasteiger partial charge on any atom is 0.270 e. The maximum absolute atomic E-state index is 13.4. The van der Waals surface area contributed by atoms with Crippen molar-refractivity contribution < 1.29 is 19.2 Å². The van der Waals surface area contributed by atoms with Crippen LogP contribution < -0.4 is 4.90 Å². The zero-order chi connectivity index (χ0) is 20.7. The number of amides is 1. The normalized spacial score (nSPS) is 26.5. The molecule has 1 aliphatic heterocycles. The number of morpholine rings is 1. The average Bonchev–Trinajstić information content (AvgIpc) is 2.70. The lowest BCUT2D eigenvalue weighted by Crippen LogP contribution is -2.68. The van der Waals surface area contributed by atoms with Crippen LogP contribution in [-0.4, -0.2) is 67.8 Å². The van der Waals surface area contributed by atoms with Crippen LogP contribution in [0.3, 0.4) is 0 Å². The summed E-state index contributed by atoms with van der Waals surface area (Å²) in [5.74, 6) is -0.207. The zero-order valence-corrected chi connectivity index (χ0v) is 17.2. The first kappa shape index (κ1) is 20.5. The number of carbonyl (C=O) groups excluding carboxylic acids is 1. The van der Waals surface area contributed by atoms with Crippen LogP contribution in [0.25, 0.3) is 0 Å². The first-order valence-electron chi connectivity index (χ1n) is 9.56. The van der Waals surface area contributed by atoms with Crippen molar-refractivity contribution in [1.82, 2.24) is 4.90 Å². The molecule has 1 aliphatic carbocycles. The Balaban J connectivity index is 1.93. The van der Waals surface area contributed by atoms with Gasteiger partial charge in [0.15, 0.2) is 0 Å². The van der Waals surface area contributed by atoms with Gasteiger partial charge in [-0.3, -0.25) is 14.9 Å². The van der Waals surface area contributed by atoms with Crippen molar-refractivity contribution in [2.45, 2.75) is 38.8 Å². The second kappa shape index (κ2) is 7.33. The van der Waals surface area contributed by atoms with E-state index in [-0.39, 0.29) is 28.7 Å². The Morgan fingerprint density at radius 1 is 1.32 bits per heavy atom. The molecular formula is C20H29N3O5. The van der Waals surface area contributed by atoms with Crippen LogP contribution in [0.5, 0.6) is 0 Å². The van der Waals surface area contributed by atoms with Gasteiger partial charge in [0.25, 0.3) is 11.6 Å². The lowest BCUT2D eigenvalue weighted by molar-refractivity contribution is -0.384. The molecular weight excluding hydrogens is 362 g/mol. The van der Waals surface area contributed by atoms with E-state index in [1.807, 2.05) is 6.92 Å². The molecule has 1 aromatic rings. The molecule has 2 aliphatic rings. The minimum Gasteiger partial charge on any atom is -0.378 e. The molecule has 154 valence electrons. The summed E-state index contributed by atoms with van der Waals surface area (Å²) in [5.41, 5.74) is 0.467. The van der Waals surface area contributed by atoms with Crippen LogP contribution >= 0.6 is 0 Å². The number of carbonyl (C=O) groups is 1. The Bertz CT molecular complexity index is 775. The lowest BCUT2D eigenvalue weighted by atomic mass is 9.55. The molecule has 1 saturated heterocycles. The highest BCUT2D eigenvalue weighted by atomic mass is 16.6. The van der Waals surface area contributed by atoms with E-state index in [0.29, 0.717) is 31.9 Å². The smallest absolute Gasteiger partial charge is 0.270 e. The molecule has 1 heterocycles. The van der Waals surface area contributed by atoms with Gasteiger partial charge in [-0.05, 0) is 19.4 Å². The van der Waals surface area contributed by atoms with E-state index in [4.69, 9.17) is 9.47 Å². The molecule has 0 N–H and O–H groups in total. The second-order valence-corrected chi connectivity index (χ2v) is 8.35. The molecule has 2 fully saturated rings. The van der Waals surface area contributed by atoms with Crippen molar-refractivity contribution in [3.63, 3.8) is 0 Å². The number of methoxy groups -OCH3 is 1. The van der Waals surface area contributed by atoms with Crippen molar-refractivity contribution in [2.75, 3.05) is 45.4 Å². The van der Waals surface area contributed by atoms with Crippen LogP contribution in [0.2, 0.25) is 0 Å². The highest BCUT2D eigenvalue weighted by Crippen LogP contribution is 2.53. The Kier molecular flexibility index (Phi) is 5.38. The predicted octanol–water partition coefficient (Wildman–Crippen LogP) is 2.71. The summed E-state index contributed by atoms with van der Waals surface area (Å²) in [7, 11) is 3.46. The first-order chi connectivity index (χ1) is 13.1. The highest BCUT2D eigenvalue weighted by molar-refractivity contribution is 6.00. The Morgan fingerprint density at radius 2 is 1.96 bits per heavy atom. The number of hydrogen-bond acceptors (Lipinski definition) is 6. The van der Waals surface area contributed by atoms with Gasteiger partial charge in [-0.15, -0.1) is 0 Å². The molecule has 28 heavy (non-hydrogen) atoms. The van der Waals surface area contributed by atoms with Gasteiger partial charge in [0.1, 0.15) is 0 Å². The third kappa shape index (κ3) is 3.24. The molecule has 0 unspecified atom stereocenters. The molecule has 0 radical (unpaired) electrons. The Hall–Kier alpha value is -2.19. The standard InChI is InChI=1S/C20H29N3O5/c1-19(2)17(13-20(19,3)27-5)21(4)18(24)15-12-14(23(25)26)6-7-16(15)22-8-10-28-11-9-22/h6-7,12,17H,8-11,13H2,1-5H3/t17-,20-/m0/s1. The number of hydrogen-bond donors (Lipinski definition) is 0. The molecule has 0 bridgehead atoms. The van der Waals surface area contributed by atoms with Crippen LogP contribution in [0.4, 0.5) is 11.4 Å². The maximum atomic E-state index is 13.4. The molecule has 8 nitrogen and oxygen atoms in total. The monoisotopic (exact) mass is 391 g/mol. The fourth-order valence-corrected chi connectivity index (χ4v) is 4.30. The Morgan fingerprint density at radius 3 is 2.50 bits per heavy atom. The number of nitro groups is 1. The number of rotatable bonds is 5. The quantitative estimate of drug-likeness (QED) is 0.567. The molecule has 3 rings (SSSR count). The minimum absolute atomic E-state index is 0.0123. The van der Waals surface area contributed by atoms with Crippen molar-refractivity contribution in [3.8, 4) is 0 Å². The van der Waals surface area contributed by atoms with Crippen molar-refractivity contribution >= 4 is 17.3 Å². The SMILES string of the molecule is CO[C@@]1(C)C[C@H](N(C)C(=O)c2cc([N+](=O)[O-])ccc2N2CCOCC2)C1(C)C. The van der Waals surface area contributed by atoms with Crippen LogP contribution in [-0.2, 0) is 9.47 Å². The number of ether oxygens (including phenoxy) is 2. The molecule has 8 heteroatoms. The number of non-ortho nitro benzene ring substituents is 1. The van der Waals surface area contributed by atoms with E-state index < -0.39 is 4.92 Å². The number of nitrogens with zero attached hydrogens (tertiary/aromatic N) is 3. The first-order valence-corrected chi connectivity index (χ1v) is 9.56. The van der Waals surface area contributed by atoms with Crippen molar-refractivity contribution in [3.05, 3.63) is 33.9 Å². The largest absolute Gasteiger partial charge is 0.378 e. The van der Waals surface area contributed by atoms with Gasteiger partial charge in [0.2, 0.25) is 0 Å². The zero-order valence-electron chi connectivity index (χ0n) is 17.2. The molecule has 1 aromatic carbocycles. The fourth-order valence-electron chi connectivity index (χ4n) is 4.30. The van der Waals surface area contributed by atoms with Gasteiger partial charge in [-0.1, -0.05) is 13.8 Å². The Labute approximate surface area is 165 Å². The van der Waals surface area contributed by atoms with Crippen molar-refractivity contribution in [1.29, 1.82) is 0 Å². The average molecular weight is 391 g/mol. The predicted molar refractivity (Wildman–Crippen MR) is 106 cm³/mol. The summed E-state index contributed by atoms with van der Waals surface area (Å²) in [4.78, 5) is 28.0. The highest BCUT2D eigenvalue weighted by Gasteiger charge is 2.60. The van der Waals surface area contributed by atoms with Crippen LogP contribution in [0.1, 0.15) is 37.6 Å². The minimum atomic E-state index is -0.463. The number of anilines is 1. The third-order valence-electron chi connectivity index (χ3n) is 6.79. The van der Waals surface area contributed by atoms with Gasteiger partial charge in [0, 0.05) is 50.8 Å². The topological polar surface area (TPSA) is 85.1 Å². The van der Waals surface area contributed by atoms with Gasteiger partial charge in [-0.2, -0.15) is 0 Å². The summed E-state index contributed by atoms with van der Waals surface area (Å²) >= 11 is 0. The van der Waals surface area contributed by atoms with E-state index in [1.54, 1.807) is 25.1 Å². The van der Waals surface area contributed by atoms with Crippen LogP contribution in [0.15, 0.2) is 18.2 Å². The summed E-state index contributed by atoms with van der Waals surface area (Å²) in [6.07, 6.45) is 0.723. The molecule has 0 spiro atoms. The second-order valence-electron chi connectivity index (χ2n) is 8.35. The molecule has 0 aromatic heterocycles. The van der Waals surface area contributed by atoms with Gasteiger partial charge in [0.05, 0.1) is 35.0 Å². The van der Waals surface area contributed by atoms with Crippen LogP contribution in [0, 0.1) is 15.5 Å². The van der Waals surface area contributed by atoms with Crippen molar-refractivity contribution in [2.24, 2.45) is 5.41 Å². The van der Waals surface area contributed by atoms with Gasteiger partial charge in [-0.25, -0.2) is 0 Å².